The highest BCUT2D eigenvalue weighted by atomic mass is 32.2. The minimum absolute atomic E-state index is 0.104. The van der Waals surface area contributed by atoms with E-state index in [1.807, 2.05) is 36.6 Å². The lowest BCUT2D eigenvalue weighted by atomic mass is 10.1. The van der Waals surface area contributed by atoms with Crippen molar-refractivity contribution < 1.29 is 23.8 Å². The molecule has 0 aliphatic carbocycles. The van der Waals surface area contributed by atoms with Gasteiger partial charge in [0, 0.05) is 11.6 Å². The molecule has 3 rings (SSSR count). The summed E-state index contributed by atoms with van der Waals surface area (Å²) in [5, 5.41) is 12.0. The average Bonchev–Trinajstić information content (AvgIpc) is 3.24. The van der Waals surface area contributed by atoms with Crippen LogP contribution in [0, 0.1) is 13.8 Å². The molecule has 10 heteroatoms. The fourth-order valence-electron chi connectivity index (χ4n) is 3.24. The first kappa shape index (κ1) is 25.1. The molecule has 1 aromatic heterocycles. The number of nitrogens with one attached hydrogen (secondary N) is 1. The van der Waals surface area contributed by atoms with Crippen LogP contribution in [-0.2, 0) is 16.1 Å². The molecule has 2 aromatic carbocycles. The van der Waals surface area contributed by atoms with Gasteiger partial charge in [0.2, 0.25) is 0 Å². The van der Waals surface area contributed by atoms with Gasteiger partial charge < -0.3 is 19.5 Å². The van der Waals surface area contributed by atoms with E-state index in [9.17, 15) is 9.59 Å². The minimum Gasteiger partial charge on any atom is -0.497 e. The molecule has 0 bridgehead atoms. The molecule has 1 heterocycles. The molecule has 180 valence electrons. The van der Waals surface area contributed by atoms with Crippen molar-refractivity contribution >= 4 is 23.6 Å². The zero-order chi connectivity index (χ0) is 24.7. The van der Waals surface area contributed by atoms with Gasteiger partial charge in [0.1, 0.15) is 11.5 Å². The third-order valence-electron chi connectivity index (χ3n) is 4.95. The van der Waals surface area contributed by atoms with Gasteiger partial charge in [-0.1, -0.05) is 23.9 Å². The molecule has 1 N–H and O–H groups in total. The lowest BCUT2D eigenvalue weighted by Crippen LogP contribution is -2.25. The largest absolute Gasteiger partial charge is 0.497 e. The van der Waals surface area contributed by atoms with E-state index in [0.717, 1.165) is 16.8 Å². The van der Waals surface area contributed by atoms with E-state index >= 15 is 0 Å². The molecule has 34 heavy (non-hydrogen) atoms. The molecular weight excluding hydrogens is 456 g/mol. The van der Waals surface area contributed by atoms with Gasteiger partial charge in [-0.25, -0.2) is 0 Å². The number of thioether (sulfide) groups is 1. The van der Waals surface area contributed by atoms with E-state index in [4.69, 9.17) is 14.2 Å². The second-order valence-corrected chi connectivity index (χ2v) is 8.34. The number of carbonyl (C=O) groups is 2. The van der Waals surface area contributed by atoms with Crippen LogP contribution in [0.2, 0.25) is 0 Å². The summed E-state index contributed by atoms with van der Waals surface area (Å²) < 4.78 is 17.4. The number of aryl methyl sites for hydroxylation is 2. The van der Waals surface area contributed by atoms with Crippen molar-refractivity contribution in [3.63, 3.8) is 0 Å². The maximum absolute atomic E-state index is 12.9. The molecule has 3 aromatic rings. The van der Waals surface area contributed by atoms with E-state index < -0.39 is 0 Å². The molecule has 0 aliphatic rings. The summed E-state index contributed by atoms with van der Waals surface area (Å²) in [5.41, 5.74) is 3.34. The van der Waals surface area contributed by atoms with Crippen molar-refractivity contribution in [1.82, 2.24) is 20.1 Å². The third kappa shape index (κ3) is 6.07. The Bertz CT molecular complexity index is 1160. The predicted molar refractivity (Wildman–Crippen MR) is 129 cm³/mol. The molecule has 0 fully saturated rings. The number of benzene rings is 2. The van der Waals surface area contributed by atoms with Gasteiger partial charge in [-0.15, -0.1) is 10.2 Å². The fraction of sp³-hybridized carbons (Fsp3) is 0.333. The Morgan fingerprint density at radius 2 is 1.74 bits per heavy atom. The highest BCUT2D eigenvalue weighted by Crippen LogP contribution is 2.26. The molecule has 9 nitrogen and oxygen atoms in total. The maximum atomic E-state index is 12.9. The van der Waals surface area contributed by atoms with Crippen LogP contribution < -0.4 is 14.8 Å². The Hall–Kier alpha value is -3.53. The first-order valence-corrected chi connectivity index (χ1v) is 11.7. The van der Waals surface area contributed by atoms with Crippen molar-refractivity contribution in [1.29, 1.82) is 0 Å². The highest BCUT2D eigenvalue weighted by molar-refractivity contribution is 7.99. The first-order chi connectivity index (χ1) is 16.4. The summed E-state index contributed by atoms with van der Waals surface area (Å²) in [6, 6.07) is 11.0. The number of esters is 1. The Morgan fingerprint density at radius 1 is 1.03 bits per heavy atom. The summed E-state index contributed by atoms with van der Waals surface area (Å²) in [5.74, 6) is 1.02. The third-order valence-corrected chi connectivity index (χ3v) is 5.85. The van der Waals surface area contributed by atoms with Crippen LogP contribution in [0.25, 0.3) is 5.69 Å². The van der Waals surface area contributed by atoms with Crippen LogP contribution in [0.3, 0.4) is 0 Å². The number of hydrogen-bond donors (Lipinski definition) is 1. The summed E-state index contributed by atoms with van der Waals surface area (Å²) >= 11 is 1.23. The molecule has 0 saturated heterocycles. The van der Waals surface area contributed by atoms with Crippen LogP contribution in [-0.4, -0.2) is 53.2 Å². The zero-order valence-corrected chi connectivity index (χ0v) is 20.7. The summed E-state index contributed by atoms with van der Waals surface area (Å²) in [6.07, 6.45) is 0. The lowest BCUT2D eigenvalue weighted by Gasteiger charge is -2.14. The van der Waals surface area contributed by atoms with Crippen molar-refractivity contribution in [2.24, 2.45) is 0 Å². The molecule has 0 radical (unpaired) electrons. The van der Waals surface area contributed by atoms with Crippen LogP contribution in [0.15, 0.2) is 41.6 Å². The Balaban J connectivity index is 1.88. The van der Waals surface area contributed by atoms with Gasteiger partial charge in [0.25, 0.3) is 5.91 Å². The average molecular weight is 485 g/mol. The minimum atomic E-state index is -0.329. The fourth-order valence-corrected chi connectivity index (χ4v) is 4.00. The topological polar surface area (TPSA) is 105 Å². The van der Waals surface area contributed by atoms with Crippen molar-refractivity contribution in [2.75, 3.05) is 26.6 Å². The quantitative estimate of drug-likeness (QED) is 0.345. The van der Waals surface area contributed by atoms with Crippen molar-refractivity contribution in [3.8, 4) is 17.2 Å². The number of amides is 1. The normalized spacial score (nSPS) is 10.6. The maximum Gasteiger partial charge on any atom is 0.316 e. The second kappa shape index (κ2) is 11.6. The molecule has 0 spiro atoms. The van der Waals surface area contributed by atoms with E-state index in [1.54, 1.807) is 25.1 Å². The predicted octanol–water partition coefficient (Wildman–Crippen LogP) is 3.49. The molecule has 0 atom stereocenters. The van der Waals surface area contributed by atoms with E-state index in [-0.39, 0.29) is 24.2 Å². The Labute approximate surface area is 202 Å². The number of ether oxygens (including phenoxy) is 3. The van der Waals surface area contributed by atoms with E-state index in [0.29, 0.717) is 34.7 Å². The van der Waals surface area contributed by atoms with Gasteiger partial charge in [0.15, 0.2) is 11.0 Å². The highest BCUT2D eigenvalue weighted by Gasteiger charge is 2.19. The van der Waals surface area contributed by atoms with E-state index in [2.05, 4.69) is 15.5 Å². The summed E-state index contributed by atoms with van der Waals surface area (Å²) in [4.78, 5) is 24.8. The molecule has 0 aliphatic heterocycles. The lowest BCUT2D eigenvalue weighted by molar-refractivity contribution is -0.139. The van der Waals surface area contributed by atoms with Gasteiger partial charge in [-0.05, 0) is 50.1 Å². The van der Waals surface area contributed by atoms with Crippen LogP contribution in [0.5, 0.6) is 11.5 Å². The SMILES string of the molecule is CCOC(=O)CSc1nnc(CNC(=O)c2cc(OC)cc(OC)c2)n1-c1cc(C)ccc1C. The molecule has 0 unspecified atom stereocenters. The van der Waals surface area contributed by atoms with E-state index in [1.165, 1.54) is 26.0 Å². The number of aromatic nitrogens is 3. The van der Waals surface area contributed by atoms with Gasteiger partial charge >= 0.3 is 5.97 Å². The Kier molecular flexibility index (Phi) is 8.53. The molecule has 0 saturated carbocycles. The number of hydrogen-bond acceptors (Lipinski definition) is 8. The Morgan fingerprint density at radius 3 is 2.38 bits per heavy atom. The number of carbonyl (C=O) groups excluding carboxylic acids is 2. The number of rotatable bonds is 10. The summed E-state index contributed by atoms with van der Waals surface area (Å²) in [7, 11) is 3.05. The molecular formula is C24H28N4O5S. The van der Waals surface area contributed by atoms with Crippen molar-refractivity contribution in [3.05, 3.63) is 58.9 Å². The van der Waals surface area contributed by atoms with Crippen LogP contribution in [0.1, 0.15) is 34.2 Å². The van der Waals surface area contributed by atoms with Gasteiger partial charge in [-0.3, -0.25) is 14.2 Å². The van der Waals surface area contributed by atoms with Crippen LogP contribution >= 0.6 is 11.8 Å². The molecule has 1 amide bonds. The number of methoxy groups -OCH3 is 2. The zero-order valence-electron chi connectivity index (χ0n) is 19.9. The number of nitrogens with zero attached hydrogens (tertiary/aromatic N) is 3. The van der Waals surface area contributed by atoms with Crippen LogP contribution in [0.4, 0.5) is 0 Å². The van der Waals surface area contributed by atoms with Gasteiger partial charge in [0.05, 0.1) is 38.8 Å². The first-order valence-electron chi connectivity index (χ1n) is 10.7. The monoisotopic (exact) mass is 484 g/mol. The van der Waals surface area contributed by atoms with Crippen molar-refractivity contribution in [2.45, 2.75) is 32.5 Å². The van der Waals surface area contributed by atoms with Gasteiger partial charge in [-0.2, -0.15) is 0 Å². The standard InChI is InChI=1S/C24H28N4O5S/c1-6-33-22(29)14-34-24-27-26-21(28(24)20-9-15(2)7-8-16(20)3)13-25-23(30)17-10-18(31-4)12-19(11-17)32-5/h7-12H,6,13-14H2,1-5H3,(H,25,30). The smallest absolute Gasteiger partial charge is 0.316 e. The summed E-state index contributed by atoms with van der Waals surface area (Å²) in [6.45, 7) is 6.18. The second-order valence-electron chi connectivity index (χ2n) is 7.40.